The molecule has 3 rings (SSSR count). The van der Waals surface area contributed by atoms with Gasteiger partial charge < -0.3 is 15.4 Å². The second kappa shape index (κ2) is 8.38. The number of ether oxygens (including phenoxy) is 1. The van der Waals surface area contributed by atoms with Gasteiger partial charge in [-0.25, -0.2) is 4.68 Å². The second-order valence-corrected chi connectivity index (χ2v) is 6.23. The number of benzene rings is 1. The number of nitrogens with zero attached hydrogens (tertiary/aromatic N) is 3. The van der Waals surface area contributed by atoms with E-state index in [1.165, 1.54) is 18.2 Å². The van der Waals surface area contributed by atoms with Gasteiger partial charge in [-0.1, -0.05) is 23.4 Å². The summed E-state index contributed by atoms with van der Waals surface area (Å²) in [7, 11) is 0. The SMILES string of the molecule is O=C(NCCc1ccccc1OC(F)(F)F)c1cn(C2CCNCC2)nn1. The van der Waals surface area contributed by atoms with Gasteiger partial charge in [0.2, 0.25) is 0 Å². The number of amides is 1. The molecule has 2 heterocycles. The molecule has 0 saturated carbocycles. The normalized spacial score (nSPS) is 15.5. The Morgan fingerprint density at radius 3 is 2.78 bits per heavy atom. The van der Waals surface area contributed by atoms with Gasteiger partial charge in [-0.2, -0.15) is 0 Å². The summed E-state index contributed by atoms with van der Waals surface area (Å²) in [6.45, 7) is 1.94. The van der Waals surface area contributed by atoms with Crippen molar-refractivity contribution in [2.24, 2.45) is 0 Å². The number of nitrogens with one attached hydrogen (secondary N) is 2. The minimum absolute atomic E-state index is 0.150. The first-order valence-electron chi connectivity index (χ1n) is 8.67. The summed E-state index contributed by atoms with van der Waals surface area (Å²) in [5, 5.41) is 13.8. The molecule has 2 aromatic rings. The maximum absolute atomic E-state index is 12.4. The van der Waals surface area contributed by atoms with Crippen LogP contribution in [-0.4, -0.2) is 46.9 Å². The van der Waals surface area contributed by atoms with Gasteiger partial charge in [0, 0.05) is 6.54 Å². The third-order valence-electron chi connectivity index (χ3n) is 4.30. The van der Waals surface area contributed by atoms with Crippen LogP contribution in [0.3, 0.4) is 0 Å². The van der Waals surface area contributed by atoms with Gasteiger partial charge in [-0.05, 0) is 44.0 Å². The van der Waals surface area contributed by atoms with Crippen LogP contribution in [-0.2, 0) is 6.42 Å². The molecule has 27 heavy (non-hydrogen) atoms. The lowest BCUT2D eigenvalue weighted by molar-refractivity contribution is -0.274. The molecule has 1 aliphatic rings. The molecule has 1 aromatic carbocycles. The van der Waals surface area contributed by atoms with Crippen molar-refractivity contribution in [3.8, 4) is 5.75 Å². The largest absolute Gasteiger partial charge is 0.573 e. The van der Waals surface area contributed by atoms with Crippen molar-refractivity contribution < 1.29 is 22.7 Å². The van der Waals surface area contributed by atoms with Gasteiger partial charge in [0.05, 0.1) is 12.2 Å². The van der Waals surface area contributed by atoms with Gasteiger partial charge in [0.25, 0.3) is 5.91 Å². The van der Waals surface area contributed by atoms with E-state index in [9.17, 15) is 18.0 Å². The standard InChI is InChI=1S/C17H20F3N5O2/c18-17(19,20)27-15-4-2-1-3-12(15)5-10-22-16(26)14-11-25(24-23-14)13-6-8-21-9-7-13/h1-4,11,13,21H,5-10H2,(H,22,26). The van der Waals surface area contributed by atoms with E-state index in [0.29, 0.717) is 5.56 Å². The van der Waals surface area contributed by atoms with E-state index in [1.54, 1.807) is 16.9 Å². The average Bonchev–Trinajstić information content (AvgIpc) is 3.13. The van der Waals surface area contributed by atoms with Gasteiger partial charge in [0.1, 0.15) is 5.75 Å². The number of carbonyl (C=O) groups excluding carboxylic acids is 1. The first-order chi connectivity index (χ1) is 12.9. The van der Waals surface area contributed by atoms with Crippen LogP contribution in [0.25, 0.3) is 0 Å². The predicted molar refractivity (Wildman–Crippen MR) is 90.3 cm³/mol. The fourth-order valence-corrected chi connectivity index (χ4v) is 2.97. The molecule has 1 fully saturated rings. The third kappa shape index (κ3) is 5.43. The number of hydrogen-bond acceptors (Lipinski definition) is 5. The van der Waals surface area contributed by atoms with E-state index in [2.05, 4.69) is 25.7 Å². The number of piperidine rings is 1. The van der Waals surface area contributed by atoms with Gasteiger partial charge in [-0.15, -0.1) is 18.3 Å². The Morgan fingerprint density at radius 2 is 2.04 bits per heavy atom. The van der Waals surface area contributed by atoms with Crippen molar-refractivity contribution in [1.29, 1.82) is 0 Å². The molecule has 0 bridgehead atoms. The number of halogens is 3. The highest BCUT2D eigenvalue weighted by Gasteiger charge is 2.31. The van der Waals surface area contributed by atoms with Crippen LogP contribution in [0, 0.1) is 0 Å². The van der Waals surface area contributed by atoms with E-state index in [4.69, 9.17) is 0 Å². The molecule has 10 heteroatoms. The molecule has 7 nitrogen and oxygen atoms in total. The molecule has 0 spiro atoms. The summed E-state index contributed by atoms with van der Waals surface area (Å²) in [6.07, 6.45) is -1.13. The zero-order valence-electron chi connectivity index (χ0n) is 14.5. The highest BCUT2D eigenvalue weighted by Crippen LogP contribution is 2.26. The summed E-state index contributed by atoms with van der Waals surface area (Å²) < 4.78 is 43.0. The van der Waals surface area contributed by atoms with Crippen LogP contribution in [0.2, 0.25) is 0 Å². The highest BCUT2D eigenvalue weighted by atomic mass is 19.4. The fraction of sp³-hybridized carbons (Fsp3) is 0.471. The molecule has 1 aromatic heterocycles. The Balaban J connectivity index is 1.54. The van der Waals surface area contributed by atoms with E-state index < -0.39 is 12.3 Å². The third-order valence-corrected chi connectivity index (χ3v) is 4.30. The number of para-hydroxylation sites is 1. The number of rotatable bonds is 6. The lowest BCUT2D eigenvalue weighted by Crippen LogP contribution is -2.29. The molecule has 0 aliphatic carbocycles. The molecule has 146 valence electrons. The van der Waals surface area contributed by atoms with E-state index >= 15 is 0 Å². The van der Waals surface area contributed by atoms with Crippen LogP contribution in [0.5, 0.6) is 5.75 Å². The molecular weight excluding hydrogens is 363 g/mol. The summed E-state index contributed by atoms with van der Waals surface area (Å²) in [4.78, 5) is 12.2. The second-order valence-electron chi connectivity index (χ2n) is 6.23. The van der Waals surface area contributed by atoms with E-state index in [1.807, 2.05) is 0 Å². The lowest BCUT2D eigenvalue weighted by atomic mass is 10.1. The predicted octanol–water partition coefficient (Wildman–Crippen LogP) is 2.07. The quantitative estimate of drug-likeness (QED) is 0.798. The van der Waals surface area contributed by atoms with Crippen LogP contribution in [0.4, 0.5) is 13.2 Å². The molecule has 1 amide bonds. The van der Waals surface area contributed by atoms with Gasteiger partial charge in [0.15, 0.2) is 5.69 Å². The van der Waals surface area contributed by atoms with Crippen molar-refractivity contribution >= 4 is 5.91 Å². The summed E-state index contributed by atoms with van der Waals surface area (Å²) >= 11 is 0. The maximum Gasteiger partial charge on any atom is 0.573 e. The Labute approximate surface area is 153 Å². The Bertz CT molecular complexity index is 772. The number of carbonyl (C=O) groups is 1. The molecule has 0 atom stereocenters. The highest BCUT2D eigenvalue weighted by molar-refractivity contribution is 5.91. The van der Waals surface area contributed by atoms with Gasteiger partial charge in [-0.3, -0.25) is 4.79 Å². The zero-order chi connectivity index (χ0) is 19.3. The molecule has 2 N–H and O–H groups in total. The monoisotopic (exact) mass is 383 g/mol. The molecule has 1 saturated heterocycles. The minimum Gasteiger partial charge on any atom is -0.406 e. The summed E-state index contributed by atoms with van der Waals surface area (Å²) in [5.41, 5.74) is 0.543. The molecular formula is C17H20F3N5O2. The Kier molecular flexibility index (Phi) is 5.94. The topological polar surface area (TPSA) is 81.1 Å². The number of hydrogen-bond donors (Lipinski definition) is 2. The van der Waals surface area contributed by atoms with Crippen molar-refractivity contribution in [3.63, 3.8) is 0 Å². The maximum atomic E-state index is 12.4. The molecule has 0 unspecified atom stereocenters. The van der Waals surface area contributed by atoms with E-state index in [0.717, 1.165) is 25.9 Å². The van der Waals surface area contributed by atoms with Crippen molar-refractivity contribution in [2.75, 3.05) is 19.6 Å². The van der Waals surface area contributed by atoms with Crippen molar-refractivity contribution in [1.82, 2.24) is 25.6 Å². The Morgan fingerprint density at radius 1 is 1.30 bits per heavy atom. The molecule has 1 aliphatic heterocycles. The average molecular weight is 383 g/mol. The fourth-order valence-electron chi connectivity index (χ4n) is 2.97. The Hall–Kier alpha value is -2.62. The smallest absolute Gasteiger partial charge is 0.406 e. The van der Waals surface area contributed by atoms with Crippen LogP contribution in [0.15, 0.2) is 30.5 Å². The first-order valence-corrected chi connectivity index (χ1v) is 8.67. The van der Waals surface area contributed by atoms with E-state index in [-0.39, 0.29) is 30.5 Å². The zero-order valence-corrected chi connectivity index (χ0v) is 14.5. The number of aromatic nitrogens is 3. The van der Waals surface area contributed by atoms with Gasteiger partial charge >= 0.3 is 6.36 Å². The summed E-state index contributed by atoms with van der Waals surface area (Å²) in [6, 6.07) is 6.06. The number of alkyl halides is 3. The minimum atomic E-state index is -4.76. The summed E-state index contributed by atoms with van der Waals surface area (Å²) in [5.74, 6) is -0.680. The first kappa shape index (κ1) is 19.2. The van der Waals surface area contributed by atoms with Crippen molar-refractivity contribution in [2.45, 2.75) is 31.7 Å². The van der Waals surface area contributed by atoms with Crippen LogP contribution < -0.4 is 15.4 Å². The van der Waals surface area contributed by atoms with Crippen LogP contribution in [0.1, 0.15) is 34.9 Å². The van der Waals surface area contributed by atoms with Crippen molar-refractivity contribution in [3.05, 3.63) is 41.7 Å². The van der Waals surface area contributed by atoms with Crippen LogP contribution >= 0.6 is 0 Å². The lowest BCUT2D eigenvalue weighted by Gasteiger charge is -2.22. The molecule has 0 radical (unpaired) electrons.